The molecule has 0 spiro atoms. The summed E-state index contributed by atoms with van der Waals surface area (Å²) in [6.45, 7) is 1.55. The van der Waals surface area contributed by atoms with Crippen molar-refractivity contribution >= 4 is 23.1 Å². The summed E-state index contributed by atoms with van der Waals surface area (Å²) < 4.78 is 0. The molecule has 136 valence electrons. The molecule has 1 aromatic carbocycles. The van der Waals surface area contributed by atoms with Crippen molar-refractivity contribution < 1.29 is 9.59 Å². The molecule has 26 heavy (non-hydrogen) atoms. The second kappa shape index (κ2) is 8.61. The van der Waals surface area contributed by atoms with E-state index in [-0.39, 0.29) is 17.7 Å². The van der Waals surface area contributed by atoms with E-state index in [2.05, 4.69) is 15.6 Å². The number of hydrogen-bond donors (Lipinski definition) is 2. The van der Waals surface area contributed by atoms with Crippen LogP contribution in [0.2, 0.25) is 0 Å². The summed E-state index contributed by atoms with van der Waals surface area (Å²) in [5, 5.41) is 6.33. The number of rotatable bonds is 5. The van der Waals surface area contributed by atoms with Gasteiger partial charge in [0.15, 0.2) is 5.78 Å². The molecular formula is C21H25N3O2. The largest absolute Gasteiger partial charge is 0.354 e. The lowest BCUT2D eigenvalue weighted by molar-refractivity contribution is 0.0927. The summed E-state index contributed by atoms with van der Waals surface area (Å²) in [4.78, 5) is 28.0. The number of Topliss-reactive ketones (excluding diaryl/α,β-unsaturated/α-hetero) is 1. The van der Waals surface area contributed by atoms with Crippen LogP contribution in [0.15, 0.2) is 42.6 Å². The first kappa shape index (κ1) is 18.1. The van der Waals surface area contributed by atoms with Gasteiger partial charge in [0.2, 0.25) is 0 Å². The predicted octanol–water partition coefficient (Wildman–Crippen LogP) is 4.48. The molecule has 1 saturated carbocycles. The molecule has 2 aromatic rings. The molecule has 1 aliphatic carbocycles. The van der Waals surface area contributed by atoms with Gasteiger partial charge >= 0.3 is 0 Å². The van der Waals surface area contributed by atoms with Crippen molar-refractivity contribution in [2.75, 3.05) is 5.32 Å². The summed E-state index contributed by atoms with van der Waals surface area (Å²) in [6.07, 6.45) is 8.66. The summed E-state index contributed by atoms with van der Waals surface area (Å²) in [6, 6.07) is 11.1. The lowest BCUT2D eigenvalue weighted by Crippen LogP contribution is -2.34. The zero-order chi connectivity index (χ0) is 18.4. The molecule has 1 aliphatic rings. The third-order valence-electron chi connectivity index (χ3n) is 4.77. The van der Waals surface area contributed by atoms with E-state index in [0.29, 0.717) is 11.3 Å². The van der Waals surface area contributed by atoms with Crippen molar-refractivity contribution in [1.82, 2.24) is 10.3 Å². The third-order valence-corrected chi connectivity index (χ3v) is 4.77. The van der Waals surface area contributed by atoms with Crippen molar-refractivity contribution in [2.45, 2.75) is 51.5 Å². The molecule has 0 saturated heterocycles. The summed E-state index contributed by atoms with van der Waals surface area (Å²) in [7, 11) is 0. The monoisotopic (exact) mass is 351 g/mol. The van der Waals surface area contributed by atoms with Gasteiger partial charge in [-0.1, -0.05) is 25.7 Å². The van der Waals surface area contributed by atoms with E-state index in [0.717, 1.165) is 24.2 Å². The first-order valence-corrected chi connectivity index (χ1v) is 9.27. The van der Waals surface area contributed by atoms with E-state index >= 15 is 0 Å². The van der Waals surface area contributed by atoms with Crippen molar-refractivity contribution in [3.63, 3.8) is 0 Å². The summed E-state index contributed by atoms with van der Waals surface area (Å²) >= 11 is 0. The van der Waals surface area contributed by atoms with Gasteiger partial charge in [0.05, 0.1) is 11.9 Å². The number of aromatic nitrogens is 1. The second-order valence-corrected chi connectivity index (χ2v) is 6.85. The lowest BCUT2D eigenvalue weighted by atomic mass is 10.1. The molecule has 0 aliphatic heterocycles. The van der Waals surface area contributed by atoms with E-state index in [1.807, 2.05) is 18.2 Å². The molecule has 1 aromatic heterocycles. The highest BCUT2D eigenvalue weighted by molar-refractivity contribution is 5.94. The Labute approximate surface area is 154 Å². The maximum Gasteiger partial charge on any atom is 0.270 e. The van der Waals surface area contributed by atoms with Gasteiger partial charge in [-0.15, -0.1) is 0 Å². The number of hydrogen-bond acceptors (Lipinski definition) is 4. The smallest absolute Gasteiger partial charge is 0.270 e. The molecule has 2 N–H and O–H groups in total. The van der Waals surface area contributed by atoms with E-state index < -0.39 is 0 Å². The minimum absolute atomic E-state index is 0.0438. The number of benzene rings is 1. The van der Waals surface area contributed by atoms with Crippen LogP contribution in [0, 0.1) is 0 Å². The molecule has 1 amide bonds. The van der Waals surface area contributed by atoms with Gasteiger partial charge in [0.25, 0.3) is 5.91 Å². The summed E-state index contributed by atoms with van der Waals surface area (Å²) in [5.41, 5.74) is 2.78. The molecule has 0 atom stereocenters. The minimum atomic E-state index is -0.103. The van der Waals surface area contributed by atoms with Crippen LogP contribution in [-0.4, -0.2) is 22.7 Å². The maximum absolute atomic E-state index is 12.4. The Morgan fingerprint density at radius 1 is 0.923 bits per heavy atom. The van der Waals surface area contributed by atoms with E-state index in [9.17, 15) is 9.59 Å². The van der Waals surface area contributed by atoms with Crippen LogP contribution >= 0.6 is 0 Å². The summed E-state index contributed by atoms with van der Waals surface area (Å²) in [5.74, 6) is -0.0588. The Bertz CT molecular complexity index is 746. The van der Waals surface area contributed by atoms with Gasteiger partial charge in [0.1, 0.15) is 5.69 Å². The lowest BCUT2D eigenvalue weighted by Gasteiger charge is -2.16. The second-order valence-electron chi connectivity index (χ2n) is 6.85. The van der Waals surface area contributed by atoms with E-state index in [1.165, 1.54) is 25.7 Å². The quantitative estimate of drug-likeness (QED) is 0.615. The topological polar surface area (TPSA) is 71.1 Å². The Morgan fingerprint density at radius 2 is 1.58 bits per heavy atom. The molecule has 3 rings (SSSR count). The third kappa shape index (κ3) is 4.91. The van der Waals surface area contributed by atoms with Crippen LogP contribution in [-0.2, 0) is 0 Å². The maximum atomic E-state index is 12.4. The molecule has 0 unspecified atom stereocenters. The van der Waals surface area contributed by atoms with Crippen LogP contribution in [0.3, 0.4) is 0 Å². The number of amides is 1. The van der Waals surface area contributed by atoms with Gasteiger partial charge in [-0.2, -0.15) is 0 Å². The number of nitrogens with one attached hydrogen (secondary N) is 2. The first-order chi connectivity index (χ1) is 12.6. The fourth-order valence-corrected chi connectivity index (χ4v) is 3.24. The number of nitrogens with zero attached hydrogens (tertiary/aromatic N) is 1. The molecule has 0 bridgehead atoms. The Hall–Kier alpha value is -2.69. The average molecular weight is 351 g/mol. The highest BCUT2D eigenvalue weighted by Gasteiger charge is 2.16. The van der Waals surface area contributed by atoms with Gasteiger partial charge < -0.3 is 10.6 Å². The SMILES string of the molecule is CC(=O)c1ccc(Nc2ccc(C(=O)NC3CCCCCC3)nc2)cc1. The number of carbonyl (C=O) groups excluding carboxylic acids is 2. The number of pyridine rings is 1. The van der Waals surface area contributed by atoms with Crippen molar-refractivity contribution in [2.24, 2.45) is 0 Å². The average Bonchev–Trinajstić information content (AvgIpc) is 2.91. The highest BCUT2D eigenvalue weighted by Crippen LogP contribution is 2.19. The van der Waals surface area contributed by atoms with Gasteiger partial charge in [-0.05, 0) is 56.2 Å². The van der Waals surface area contributed by atoms with Crippen molar-refractivity contribution in [3.05, 3.63) is 53.9 Å². The van der Waals surface area contributed by atoms with Crippen LogP contribution in [0.4, 0.5) is 11.4 Å². The Morgan fingerprint density at radius 3 is 2.15 bits per heavy atom. The van der Waals surface area contributed by atoms with Gasteiger partial charge in [0, 0.05) is 17.3 Å². The van der Waals surface area contributed by atoms with Crippen molar-refractivity contribution in [3.8, 4) is 0 Å². The zero-order valence-corrected chi connectivity index (χ0v) is 15.1. The Kier molecular flexibility index (Phi) is 6.00. The fourth-order valence-electron chi connectivity index (χ4n) is 3.24. The van der Waals surface area contributed by atoms with Crippen LogP contribution < -0.4 is 10.6 Å². The van der Waals surface area contributed by atoms with Crippen molar-refractivity contribution in [1.29, 1.82) is 0 Å². The van der Waals surface area contributed by atoms with E-state index in [4.69, 9.17) is 0 Å². The molecule has 5 nitrogen and oxygen atoms in total. The standard InChI is InChI=1S/C21H25N3O2/c1-15(25)16-8-10-18(11-9-16)23-19-12-13-20(22-14-19)21(26)24-17-6-4-2-3-5-7-17/h8-14,17,23H,2-7H2,1H3,(H,24,26). The van der Waals surface area contributed by atoms with E-state index in [1.54, 1.807) is 31.3 Å². The van der Waals surface area contributed by atoms with Crippen LogP contribution in [0.25, 0.3) is 0 Å². The predicted molar refractivity (Wildman–Crippen MR) is 103 cm³/mol. The Balaban J connectivity index is 1.58. The molecule has 1 heterocycles. The first-order valence-electron chi connectivity index (χ1n) is 9.27. The number of carbonyl (C=O) groups is 2. The minimum Gasteiger partial charge on any atom is -0.354 e. The molecular weight excluding hydrogens is 326 g/mol. The molecule has 1 fully saturated rings. The van der Waals surface area contributed by atoms with Crippen LogP contribution in [0.1, 0.15) is 66.3 Å². The number of anilines is 2. The normalized spacial score (nSPS) is 15.1. The molecule has 5 heteroatoms. The fraction of sp³-hybridized carbons (Fsp3) is 0.381. The molecule has 0 radical (unpaired) electrons. The van der Waals surface area contributed by atoms with Gasteiger partial charge in [-0.3, -0.25) is 9.59 Å². The number of ketones is 1. The van der Waals surface area contributed by atoms with Crippen LogP contribution in [0.5, 0.6) is 0 Å². The highest BCUT2D eigenvalue weighted by atomic mass is 16.2. The van der Waals surface area contributed by atoms with Gasteiger partial charge in [-0.25, -0.2) is 4.98 Å². The zero-order valence-electron chi connectivity index (χ0n) is 15.1.